The molecule has 4 fully saturated rings. The van der Waals surface area contributed by atoms with Gasteiger partial charge in [-0.1, -0.05) is 86.0 Å². The molecule has 4 aromatic carbocycles. The number of anilines is 3. The van der Waals surface area contributed by atoms with Crippen LogP contribution < -0.4 is 36.1 Å². The number of furan rings is 2. The zero-order valence-corrected chi connectivity index (χ0v) is 53.9. The maximum absolute atomic E-state index is 13.5. The molecule has 28 nitrogen and oxygen atoms in total. The van der Waals surface area contributed by atoms with Gasteiger partial charge >= 0.3 is 33.7 Å². The number of ether oxygens (including phenoxy) is 1. The lowest BCUT2D eigenvalue weighted by molar-refractivity contribution is -0.385. The SMILES string of the molecule is COc1ccc(Cn2c(=O)c([N+](=O)[O-])c(N3CCN(C(=O)c4ccco4)CC3)c3ccccc32)cc1.Cn1c(=O)c([N+](=O)[O-])c(N2CCN(C(=O)c3ccc[nH]3)CC2)c2ccccc21.O=C(c1ccco1)N1CCN(c2c([N+](=O)[O-])c(=O)n(CC3CCCCC3)c3ccccc23)CC1. The van der Waals surface area contributed by atoms with E-state index < -0.39 is 42.8 Å². The number of H-pyrrole nitrogens is 1. The Morgan fingerprint density at radius 1 is 0.490 bits per heavy atom. The number of nitrogens with zero attached hydrogens (tertiary/aromatic N) is 12. The summed E-state index contributed by atoms with van der Waals surface area (Å²) in [6.07, 6.45) is 10.2. The molecule has 1 N–H and O–H groups in total. The number of hydrogen-bond acceptors (Lipinski definition) is 18. The molecule has 9 heterocycles. The van der Waals surface area contributed by atoms with Crippen molar-refractivity contribution in [2.45, 2.75) is 45.2 Å². The van der Waals surface area contributed by atoms with E-state index in [9.17, 15) is 59.1 Å². The molecule has 1 aliphatic carbocycles. The summed E-state index contributed by atoms with van der Waals surface area (Å²) in [5.41, 5.74) is 1.16. The second-order valence-corrected chi connectivity index (χ2v) is 24.3. The lowest BCUT2D eigenvalue weighted by Gasteiger charge is -2.36. The number of piperazine rings is 3. The van der Waals surface area contributed by atoms with Crippen LogP contribution in [0.25, 0.3) is 32.7 Å². The number of para-hydroxylation sites is 3. The van der Waals surface area contributed by atoms with Crippen molar-refractivity contribution in [2.75, 3.05) is 100 Å². The number of aromatic nitrogens is 4. The van der Waals surface area contributed by atoms with Crippen molar-refractivity contribution in [1.82, 2.24) is 33.4 Å². The van der Waals surface area contributed by atoms with E-state index in [2.05, 4.69) is 4.98 Å². The lowest BCUT2D eigenvalue weighted by Crippen LogP contribution is -2.49. The number of fused-ring (bicyclic) bond motifs is 3. The van der Waals surface area contributed by atoms with Crippen molar-refractivity contribution >= 4 is 84.6 Å². The number of aromatic amines is 1. The lowest BCUT2D eigenvalue weighted by atomic mass is 9.89. The highest BCUT2D eigenvalue weighted by molar-refractivity contribution is 6.00. The topological polar surface area (TPSA) is 317 Å². The molecule has 6 aromatic heterocycles. The molecule has 1 saturated carbocycles. The zero-order valence-electron chi connectivity index (χ0n) is 53.9. The maximum atomic E-state index is 13.5. The molecule has 0 unspecified atom stereocenters. The van der Waals surface area contributed by atoms with E-state index in [0.717, 1.165) is 36.8 Å². The molecule has 28 heteroatoms. The number of nitro groups is 3. The van der Waals surface area contributed by atoms with Crippen molar-refractivity contribution in [3.05, 3.63) is 236 Å². The summed E-state index contributed by atoms with van der Waals surface area (Å²) in [5, 5.41) is 38.1. The van der Waals surface area contributed by atoms with E-state index in [-0.39, 0.29) is 47.2 Å². The van der Waals surface area contributed by atoms with E-state index in [4.69, 9.17) is 13.6 Å². The van der Waals surface area contributed by atoms with Gasteiger partial charge in [0, 0.05) is 114 Å². The van der Waals surface area contributed by atoms with Gasteiger partial charge in [-0.25, -0.2) is 0 Å². The Bertz CT molecular complexity index is 4790. The van der Waals surface area contributed by atoms with Crippen LogP contribution in [0.3, 0.4) is 0 Å². The van der Waals surface area contributed by atoms with Gasteiger partial charge in [0.15, 0.2) is 11.5 Å². The highest BCUT2D eigenvalue weighted by Gasteiger charge is 2.37. The Morgan fingerprint density at radius 3 is 1.34 bits per heavy atom. The van der Waals surface area contributed by atoms with Crippen LogP contribution in [0.5, 0.6) is 5.75 Å². The van der Waals surface area contributed by atoms with E-state index in [1.807, 2.05) is 57.2 Å². The molecule has 14 rings (SSSR count). The predicted molar refractivity (Wildman–Crippen MR) is 367 cm³/mol. The quantitative estimate of drug-likeness (QED) is 0.0782. The maximum Gasteiger partial charge on any atom is 0.357 e. The summed E-state index contributed by atoms with van der Waals surface area (Å²) in [6, 6.07) is 39.1. The van der Waals surface area contributed by atoms with Gasteiger partial charge in [0.05, 0.1) is 57.5 Å². The minimum absolute atomic E-state index is 0.104. The fourth-order valence-electron chi connectivity index (χ4n) is 13.7. The van der Waals surface area contributed by atoms with E-state index >= 15 is 0 Å². The summed E-state index contributed by atoms with van der Waals surface area (Å²) in [5.74, 6) is 1.03. The summed E-state index contributed by atoms with van der Waals surface area (Å²) in [6.45, 7) is 5.27. The third-order valence-electron chi connectivity index (χ3n) is 18.7. The number of carbonyl (C=O) groups excluding carboxylic acids is 3. The van der Waals surface area contributed by atoms with Gasteiger partial charge in [-0.2, -0.15) is 0 Å². The van der Waals surface area contributed by atoms with Crippen LogP contribution >= 0.6 is 0 Å². The highest BCUT2D eigenvalue weighted by Crippen LogP contribution is 2.38. The van der Waals surface area contributed by atoms with Crippen LogP contribution in [0.1, 0.15) is 69.3 Å². The minimum Gasteiger partial charge on any atom is -0.497 e. The summed E-state index contributed by atoms with van der Waals surface area (Å²) in [4.78, 5) is 125. The first kappa shape index (κ1) is 66.2. The Labute approximate surface area is 559 Å². The first-order valence-electron chi connectivity index (χ1n) is 32.3. The van der Waals surface area contributed by atoms with Gasteiger partial charge < -0.3 is 57.1 Å². The molecule has 4 aliphatic rings. The molecule has 0 radical (unpaired) electrons. The number of benzene rings is 4. The smallest absolute Gasteiger partial charge is 0.357 e. The second-order valence-electron chi connectivity index (χ2n) is 24.3. The minimum atomic E-state index is -0.668. The molecular formula is C70H71N13O15. The molecule has 98 heavy (non-hydrogen) atoms. The van der Waals surface area contributed by atoms with E-state index in [1.165, 1.54) is 35.1 Å². The summed E-state index contributed by atoms with van der Waals surface area (Å²) < 4.78 is 20.0. The number of hydrogen-bond donors (Lipinski definition) is 1. The zero-order chi connectivity index (χ0) is 68.7. The molecule has 0 atom stereocenters. The monoisotopic (exact) mass is 1330 g/mol. The first-order valence-corrected chi connectivity index (χ1v) is 32.3. The van der Waals surface area contributed by atoms with Gasteiger partial charge in [0.25, 0.3) is 17.7 Å². The predicted octanol–water partition coefficient (Wildman–Crippen LogP) is 9.30. The third kappa shape index (κ3) is 13.4. The van der Waals surface area contributed by atoms with Crippen molar-refractivity contribution in [3.63, 3.8) is 0 Å². The number of nitrogens with one attached hydrogen (secondary N) is 1. The standard InChI is InChI=1S/C26H24N4O6.C25H28N4O5.C19H19N5O4/c1-35-19-10-8-18(9-11-19)17-29-21-6-3-2-5-20(21)23(24(26(29)32)30(33)34)27-12-14-28(15-13-27)25(31)22-7-4-16-36-22;30-24(21-11-6-16-34-21)27-14-12-26(13-15-27)22-19-9-4-5-10-20(19)28(25(31)23(22)29(32)33)17-18-7-2-1-3-8-18;1-21-15-7-3-2-5-13(15)16(17(19(21)26)24(27)28)22-9-11-23(12-10-22)18(25)14-6-4-8-20-14/h2-11,16H,12-15,17H2,1H3;4-6,9-11,16,18H,1-3,7-8,12-15,17H2;2-8,20H,9-12H2,1H3. The average molecular weight is 1330 g/mol. The molecule has 3 saturated heterocycles. The average Bonchev–Trinajstić information content (AvgIpc) is 0.800. The van der Waals surface area contributed by atoms with E-state index in [1.54, 1.807) is 124 Å². The van der Waals surface area contributed by atoms with Crippen LogP contribution in [0.4, 0.5) is 34.1 Å². The van der Waals surface area contributed by atoms with Crippen LogP contribution in [-0.2, 0) is 20.1 Å². The van der Waals surface area contributed by atoms with Gasteiger partial charge in [-0.3, -0.25) is 63.7 Å². The summed E-state index contributed by atoms with van der Waals surface area (Å²) in [7, 11) is 3.11. The molecule has 0 spiro atoms. The third-order valence-corrected chi connectivity index (χ3v) is 18.7. The van der Waals surface area contributed by atoms with Gasteiger partial charge in [-0.05, 0) is 91.1 Å². The number of pyridine rings is 3. The van der Waals surface area contributed by atoms with Crippen LogP contribution in [0.2, 0.25) is 0 Å². The first-order chi connectivity index (χ1) is 47.5. The molecule has 506 valence electrons. The van der Waals surface area contributed by atoms with Crippen LogP contribution in [-0.4, -0.2) is 152 Å². The number of aryl methyl sites for hydroxylation is 1. The second kappa shape index (κ2) is 29.0. The largest absolute Gasteiger partial charge is 0.497 e. The van der Waals surface area contributed by atoms with Gasteiger partial charge in [0.1, 0.15) is 28.5 Å². The normalized spacial score (nSPS) is 15.2. The van der Waals surface area contributed by atoms with Crippen molar-refractivity contribution in [1.29, 1.82) is 0 Å². The van der Waals surface area contributed by atoms with Gasteiger partial charge in [0.2, 0.25) is 0 Å². The van der Waals surface area contributed by atoms with Crippen LogP contribution in [0.15, 0.2) is 175 Å². The van der Waals surface area contributed by atoms with Crippen molar-refractivity contribution < 1.29 is 42.7 Å². The molecule has 3 amide bonds. The highest BCUT2D eigenvalue weighted by atomic mass is 16.6. The Morgan fingerprint density at radius 2 is 0.908 bits per heavy atom. The number of amides is 3. The number of rotatable bonds is 14. The van der Waals surface area contributed by atoms with Crippen molar-refractivity contribution in [2.24, 2.45) is 13.0 Å². The number of methoxy groups -OCH3 is 1. The van der Waals surface area contributed by atoms with Gasteiger partial charge in [-0.15, -0.1) is 0 Å². The molecular weight excluding hydrogens is 1260 g/mol. The fraction of sp³-hybridized carbons (Fsp3) is 0.314. The van der Waals surface area contributed by atoms with Crippen molar-refractivity contribution in [3.8, 4) is 5.75 Å². The molecule has 10 aromatic rings. The number of carbonyl (C=O) groups is 3. The fourth-order valence-corrected chi connectivity index (χ4v) is 13.7. The molecule has 0 bridgehead atoms. The Kier molecular flexibility index (Phi) is 19.6. The Hall–Kier alpha value is -11.8. The Balaban J connectivity index is 0.000000141. The molecule has 3 aliphatic heterocycles. The summed E-state index contributed by atoms with van der Waals surface area (Å²) >= 11 is 0. The van der Waals surface area contributed by atoms with E-state index in [0.29, 0.717) is 141 Å². The van der Waals surface area contributed by atoms with Crippen LogP contribution in [0, 0.1) is 36.3 Å².